The number of rotatable bonds is 7. The normalized spacial score (nSPS) is 23.3. The standard InChI is InChI=1S/C27H33F4N5/c1-17-4-6-23-21(12-17)22-13-18(2)36(16-27(29,30)31)26(25(22)34-23)24-7-5-19(14-32-24)33-20-8-11-35(15-20)10-3-9-28/h4-7,12,14,18,20,26,33-34H,3,8-11,13,15-16H2,1-2H3. The number of hydrogen-bond donors (Lipinski definition) is 2. The first-order valence-corrected chi connectivity index (χ1v) is 12.7. The molecule has 0 aliphatic carbocycles. The van der Waals surface area contributed by atoms with Crippen molar-refractivity contribution in [3.63, 3.8) is 0 Å². The van der Waals surface area contributed by atoms with E-state index in [9.17, 15) is 17.6 Å². The summed E-state index contributed by atoms with van der Waals surface area (Å²) in [5, 5.41) is 4.56. The zero-order valence-corrected chi connectivity index (χ0v) is 20.7. The molecule has 3 atom stereocenters. The average molecular weight is 504 g/mol. The molecule has 0 amide bonds. The van der Waals surface area contributed by atoms with Gasteiger partial charge >= 0.3 is 6.18 Å². The number of likely N-dealkylation sites (tertiary alicyclic amines) is 1. The minimum absolute atomic E-state index is 0.247. The van der Waals surface area contributed by atoms with E-state index in [2.05, 4.69) is 26.3 Å². The Hall–Kier alpha value is -2.65. The van der Waals surface area contributed by atoms with Gasteiger partial charge in [0.2, 0.25) is 0 Å². The van der Waals surface area contributed by atoms with Crippen molar-refractivity contribution in [1.82, 2.24) is 19.8 Å². The first-order chi connectivity index (χ1) is 17.2. The minimum Gasteiger partial charge on any atom is -0.380 e. The van der Waals surface area contributed by atoms with Gasteiger partial charge < -0.3 is 15.2 Å². The molecule has 194 valence electrons. The lowest BCUT2D eigenvalue weighted by Gasteiger charge is -2.40. The number of aryl methyl sites for hydroxylation is 1. The molecule has 0 saturated carbocycles. The van der Waals surface area contributed by atoms with Crippen molar-refractivity contribution in [2.45, 2.75) is 57.4 Å². The van der Waals surface area contributed by atoms with E-state index in [0.717, 1.165) is 59.5 Å². The van der Waals surface area contributed by atoms with Crippen LogP contribution >= 0.6 is 0 Å². The molecule has 3 unspecified atom stereocenters. The van der Waals surface area contributed by atoms with Crippen LogP contribution in [0.5, 0.6) is 0 Å². The van der Waals surface area contributed by atoms with Crippen LogP contribution in [0.1, 0.15) is 48.3 Å². The van der Waals surface area contributed by atoms with Crippen LogP contribution in [0.4, 0.5) is 23.2 Å². The number of nitrogens with zero attached hydrogens (tertiary/aromatic N) is 3. The van der Waals surface area contributed by atoms with Gasteiger partial charge in [-0.05, 0) is 62.9 Å². The second-order valence-corrected chi connectivity index (χ2v) is 10.3. The van der Waals surface area contributed by atoms with Crippen LogP contribution in [0, 0.1) is 6.92 Å². The first-order valence-electron chi connectivity index (χ1n) is 12.7. The lowest BCUT2D eigenvalue weighted by molar-refractivity contribution is -0.155. The molecule has 1 aromatic carbocycles. The maximum absolute atomic E-state index is 13.6. The van der Waals surface area contributed by atoms with Crippen molar-refractivity contribution >= 4 is 16.6 Å². The summed E-state index contributed by atoms with van der Waals surface area (Å²) in [6, 6.07) is 9.19. The van der Waals surface area contributed by atoms with Crippen molar-refractivity contribution in [1.29, 1.82) is 0 Å². The lowest BCUT2D eigenvalue weighted by atomic mass is 9.90. The molecule has 3 aromatic rings. The number of benzene rings is 1. The number of fused-ring (bicyclic) bond motifs is 3. The van der Waals surface area contributed by atoms with Gasteiger partial charge in [0.1, 0.15) is 0 Å². The van der Waals surface area contributed by atoms with Crippen LogP contribution in [-0.4, -0.2) is 70.9 Å². The molecule has 2 aliphatic rings. The van der Waals surface area contributed by atoms with Gasteiger partial charge in [-0.15, -0.1) is 0 Å². The summed E-state index contributed by atoms with van der Waals surface area (Å²) in [6.07, 6.45) is -0.537. The summed E-state index contributed by atoms with van der Waals surface area (Å²) in [7, 11) is 0. The van der Waals surface area contributed by atoms with E-state index in [1.165, 1.54) is 4.90 Å². The maximum Gasteiger partial charge on any atom is 0.401 e. The number of aromatic nitrogens is 2. The quantitative estimate of drug-likeness (QED) is 0.411. The number of anilines is 1. The maximum atomic E-state index is 13.6. The summed E-state index contributed by atoms with van der Waals surface area (Å²) in [5.41, 5.74) is 5.37. The van der Waals surface area contributed by atoms with Crippen LogP contribution in [0.15, 0.2) is 36.5 Å². The lowest BCUT2D eigenvalue weighted by Crippen LogP contribution is -2.47. The van der Waals surface area contributed by atoms with Crippen molar-refractivity contribution in [3.8, 4) is 0 Å². The Morgan fingerprint density at radius 1 is 1.19 bits per heavy atom. The van der Waals surface area contributed by atoms with Crippen molar-refractivity contribution in [2.75, 3.05) is 38.2 Å². The summed E-state index contributed by atoms with van der Waals surface area (Å²) in [6.45, 7) is 5.12. The van der Waals surface area contributed by atoms with Gasteiger partial charge in [0.15, 0.2) is 0 Å². The summed E-state index contributed by atoms with van der Waals surface area (Å²) >= 11 is 0. The third-order valence-electron chi connectivity index (χ3n) is 7.44. The summed E-state index contributed by atoms with van der Waals surface area (Å²) in [5.74, 6) is 0. The fourth-order valence-corrected chi connectivity index (χ4v) is 5.77. The molecule has 0 radical (unpaired) electrons. The molecule has 2 N–H and O–H groups in total. The molecule has 9 heteroatoms. The Kier molecular flexibility index (Phi) is 6.96. The fraction of sp³-hybridized carbons (Fsp3) is 0.519. The first kappa shape index (κ1) is 25.0. The fourth-order valence-electron chi connectivity index (χ4n) is 5.77. The van der Waals surface area contributed by atoms with E-state index in [4.69, 9.17) is 0 Å². The molecule has 2 aromatic heterocycles. The third kappa shape index (κ3) is 5.22. The Balaban J connectivity index is 1.43. The topological polar surface area (TPSA) is 47.2 Å². The Morgan fingerprint density at radius 2 is 2.03 bits per heavy atom. The predicted octanol–water partition coefficient (Wildman–Crippen LogP) is 5.62. The van der Waals surface area contributed by atoms with Gasteiger partial charge in [0, 0.05) is 48.3 Å². The number of H-pyrrole nitrogens is 1. The number of aromatic amines is 1. The van der Waals surface area contributed by atoms with Crippen molar-refractivity contribution in [3.05, 3.63) is 59.0 Å². The van der Waals surface area contributed by atoms with E-state index in [-0.39, 0.29) is 18.8 Å². The van der Waals surface area contributed by atoms with E-state index in [0.29, 0.717) is 18.5 Å². The highest BCUT2D eigenvalue weighted by Crippen LogP contribution is 2.41. The van der Waals surface area contributed by atoms with Gasteiger partial charge in [-0.1, -0.05) is 11.6 Å². The number of halogens is 4. The molecule has 2 aliphatic heterocycles. The van der Waals surface area contributed by atoms with Gasteiger partial charge in [0.05, 0.1) is 36.8 Å². The second kappa shape index (κ2) is 10.0. The van der Waals surface area contributed by atoms with E-state index in [1.807, 2.05) is 38.1 Å². The summed E-state index contributed by atoms with van der Waals surface area (Å²) < 4.78 is 53.4. The summed E-state index contributed by atoms with van der Waals surface area (Å²) in [4.78, 5) is 11.8. The highest BCUT2D eigenvalue weighted by Gasteiger charge is 2.42. The van der Waals surface area contributed by atoms with Crippen LogP contribution in [0.25, 0.3) is 10.9 Å². The molecular weight excluding hydrogens is 470 g/mol. The minimum atomic E-state index is -4.31. The monoisotopic (exact) mass is 503 g/mol. The molecule has 1 saturated heterocycles. The van der Waals surface area contributed by atoms with Crippen LogP contribution in [0.3, 0.4) is 0 Å². The molecule has 36 heavy (non-hydrogen) atoms. The highest BCUT2D eigenvalue weighted by molar-refractivity contribution is 5.86. The zero-order valence-electron chi connectivity index (χ0n) is 20.7. The average Bonchev–Trinajstić information content (AvgIpc) is 3.42. The molecule has 0 bridgehead atoms. The van der Waals surface area contributed by atoms with Gasteiger partial charge in [-0.3, -0.25) is 14.3 Å². The Bertz CT molecular complexity index is 1190. The molecular formula is C27H33F4N5. The highest BCUT2D eigenvalue weighted by atomic mass is 19.4. The number of pyridine rings is 1. The van der Waals surface area contributed by atoms with E-state index >= 15 is 0 Å². The molecule has 5 rings (SSSR count). The van der Waals surface area contributed by atoms with Crippen LogP contribution in [0.2, 0.25) is 0 Å². The number of hydrogen-bond acceptors (Lipinski definition) is 4. The predicted molar refractivity (Wildman–Crippen MR) is 134 cm³/mol. The van der Waals surface area contributed by atoms with E-state index < -0.39 is 18.8 Å². The van der Waals surface area contributed by atoms with Gasteiger partial charge in [0.25, 0.3) is 0 Å². The van der Waals surface area contributed by atoms with Crippen molar-refractivity contribution in [2.24, 2.45) is 0 Å². The smallest absolute Gasteiger partial charge is 0.380 e. The number of nitrogens with one attached hydrogen (secondary N) is 2. The largest absolute Gasteiger partial charge is 0.401 e. The molecule has 5 nitrogen and oxygen atoms in total. The molecule has 1 fully saturated rings. The third-order valence-corrected chi connectivity index (χ3v) is 7.44. The van der Waals surface area contributed by atoms with Crippen molar-refractivity contribution < 1.29 is 17.6 Å². The molecule has 0 spiro atoms. The SMILES string of the molecule is Cc1ccc2[nH]c3c(c2c1)CC(C)N(CC(F)(F)F)C3c1ccc(NC2CCN(CCCF)C2)cn1. The van der Waals surface area contributed by atoms with Crippen LogP contribution in [-0.2, 0) is 6.42 Å². The zero-order chi connectivity index (χ0) is 25.4. The van der Waals surface area contributed by atoms with E-state index in [1.54, 1.807) is 6.20 Å². The Morgan fingerprint density at radius 3 is 2.75 bits per heavy atom. The second-order valence-electron chi connectivity index (χ2n) is 10.3. The number of alkyl halides is 4. The van der Waals surface area contributed by atoms with Gasteiger partial charge in [-0.25, -0.2) is 0 Å². The molecule has 4 heterocycles. The van der Waals surface area contributed by atoms with Gasteiger partial charge in [-0.2, -0.15) is 13.2 Å². The van der Waals surface area contributed by atoms with Crippen LogP contribution < -0.4 is 5.32 Å². The Labute approximate surface area is 208 Å².